The average molecular weight is 378 g/mol. The third kappa shape index (κ3) is 4.91. The predicted molar refractivity (Wildman–Crippen MR) is 103 cm³/mol. The predicted octanol–water partition coefficient (Wildman–Crippen LogP) is 1.89. The second-order valence-electron chi connectivity index (χ2n) is 6.43. The number of carbonyl (C=O) groups is 2. The first kappa shape index (κ1) is 20.1. The molecule has 0 saturated carbocycles. The van der Waals surface area contributed by atoms with Crippen molar-refractivity contribution in [2.45, 2.75) is 59.5 Å². The van der Waals surface area contributed by atoms with Crippen molar-refractivity contribution in [2.24, 2.45) is 0 Å². The topological polar surface area (TPSA) is 93.1 Å². The van der Waals surface area contributed by atoms with E-state index in [1.807, 2.05) is 27.7 Å². The zero-order valence-electron chi connectivity index (χ0n) is 15.7. The summed E-state index contributed by atoms with van der Waals surface area (Å²) in [4.78, 5) is 42.3. The molecule has 0 bridgehead atoms. The summed E-state index contributed by atoms with van der Waals surface area (Å²) in [6, 6.07) is 0.136. The lowest BCUT2D eigenvalue weighted by Crippen LogP contribution is -2.35. The van der Waals surface area contributed by atoms with Crippen LogP contribution in [0.5, 0.6) is 0 Å². The molecule has 26 heavy (non-hydrogen) atoms. The van der Waals surface area contributed by atoms with Crippen molar-refractivity contribution in [3.05, 3.63) is 27.1 Å². The highest BCUT2D eigenvalue weighted by Crippen LogP contribution is 2.25. The maximum absolute atomic E-state index is 12.6. The maximum atomic E-state index is 12.6. The molecular weight excluding hydrogens is 352 g/mol. The number of hydrogen-bond acceptors (Lipinski definition) is 5. The van der Waals surface area contributed by atoms with Crippen LogP contribution < -0.4 is 16.2 Å². The number of thiophene rings is 1. The van der Waals surface area contributed by atoms with Crippen molar-refractivity contribution in [3.63, 3.8) is 0 Å². The Morgan fingerprint density at radius 2 is 2.00 bits per heavy atom. The van der Waals surface area contributed by atoms with Gasteiger partial charge in [-0.05, 0) is 32.8 Å². The zero-order chi connectivity index (χ0) is 19.3. The molecule has 7 nitrogen and oxygen atoms in total. The molecule has 1 atom stereocenters. The number of fused-ring (bicyclic) bond motifs is 1. The van der Waals surface area contributed by atoms with E-state index in [0.29, 0.717) is 5.39 Å². The van der Waals surface area contributed by atoms with Crippen LogP contribution >= 0.6 is 11.3 Å². The Bertz CT molecular complexity index is 856. The van der Waals surface area contributed by atoms with Crippen LogP contribution in [-0.2, 0) is 16.1 Å². The van der Waals surface area contributed by atoms with Crippen LogP contribution in [0.2, 0.25) is 0 Å². The third-order valence-electron chi connectivity index (χ3n) is 4.43. The Labute approximate surface area is 156 Å². The molecule has 0 aliphatic carbocycles. The van der Waals surface area contributed by atoms with E-state index in [1.54, 1.807) is 0 Å². The summed E-state index contributed by atoms with van der Waals surface area (Å²) >= 11 is 1.50. The summed E-state index contributed by atoms with van der Waals surface area (Å²) in [6.45, 7) is 8.38. The van der Waals surface area contributed by atoms with Crippen LogP contribution in [-0.4, -0.2) is 34.0 Å². The van der Waals surface area contributed by atoms with Crippen LogP contribution in [0.15, 0.2) is 11.1 Å². The van der Waals surface area contributed by atoms with Gasteiger partial charge in [-0.3, -0.25) is 19.0 Å². The summed E-state index contributed by atoms with van der Waals surface area (Å²) in [6.07, 6.45) is 2.78. The normalized spacial score (nSPS) is 12.2. The quantitative estimate of drug-likeness (QED) is 0.733. The lowest BCUT2D eigenvalue weighted by Gasteiger charge is -2.11. The van der Waals surface area contributed by atoms with Crippen LogP contribution in [0, 0.1) is 13.8 Å². The standard InChI is InChI=1S/C18H26N4O3S/c1-5-11(2)21-15(24)6-8-19-14(23)7-9-22-10-20-17-16(18(22)25)12(3)13(4)26-17/h10-11H,5-9H2,1-4H3,(H,19,23)(H,21,24). The van der Waals surface area contributed by atoms with Crippen molar-refractivity contribution in [3.8, 4) is 0 Å². The minimum Gasteiger partial charge on any atom is -0.356 e. The van der Waals surface area contributed by atoms with E-state index in [1.165, 1.54) is 22.2 Å². The lowest BCUT2D eigenvalue weighted by atomic mass is 10.2. The van der Waals surface area contributed by atoms with Crippen molar-refractivity contribution in [1.29, 1.82) is 0 Å². The first-order valence-electron chi connectivity index (χ1n) is 8.84. The fourth-order valence-electron chi connectivity index (χ4n) is 2.50. The van der Waals surface area contributed by atoms with Gasteiger partial charge in [-0.25, -0.2) is 4.98 Å². The molecule has 1 unspecified atom stereocenters. The molecule has 8 heteroatoms. The highest BCUT2D eigenvalue weighted by atomic mass is 32.1. The molecule has 2 rings (SSSR count). The second-order valence-corrected chi connectivity index (χ2v) is 7.64. The molecule has 2 aromatic heterocycles. The van der Waals surface area contributed by atoms with Crippen molar-refractivity contribution in [1.82, 2.24) is 20.2 Å². The van der Waals surface area contributed by atoms with Gasteiger partial charge in [0.15, 0.2) is 0 Å². The number of aromatic nitrogens is 2. The van der Waals surface area contributed by atoms with E-state index >= 15 is 0 Å². The molecule has 0 aliphatic rings. The van der Waals surface area contributed by atoms with Crippen LogP contribution in [0.25, 0.3) is 10.2 Å². The zero-order valence-corrected chi connectivity index (χ0v) is 16.5. The number of hydrogen-bond donors (Lipinski definition) is 2. The van der Waals surface area contributed by atoms with E-state index in [-0.39, 0.29) is 49.3 Å². The highest BCUT2D eigenvalue weighted by molar-refractivity contribution is 7.18. The monoisotopic (exact) mass is 378 g/mol. The van der Waals surface area contributed by atoms with Crippen molar-refractivity contribution >= 4 is 33.4 Å². The highest BCUT2D eigenvalue weighted by Gasteiger charge is 2.13. The summed E-state index contributed by atoms with van der Waals surface area (Å²) in [5.74, 6) is -0.264. The van der Waals surface area contributed by atoms with Crippen LogP contribution in [0.1, 0.15) is 43.6 Å². The number of carbonyl (C=O) groups excluding carboxylic acids is 2. The summed E-state index contributed by atoms with van der Waals surface area (Å²) in [5, 5.41) is 6.20. The minimum absolute atomic E-state index is 0.0752. The molecule has 0 saturated heterocycles. The second kappa shape index (κ2) is 8.93. The van der Waals surface area contributed by atoms with Gasteiger partial charge in [0, 0.05) is 36.9 Å². The van der Waals surface area contributed by atoms with Gasteiger partial charge < -0.3 is 10.6 Å². The third-order valence-corrected chi connectivity index (χ3v) is 5.54. The number of nitrogens with one attached hydrogen (secondary N) is 2. The Morgan fingerprint density at radius 3 is 2.69 bits per heavy atom. The molecule has 0 fully saturated rings. The first-order valence-corrected chi connectivity index (χ1v) is 9.66. The Balaban J connectivity index is 1.85. The average Bonchev–Trinajstić information content (AvgIpc) is 2.89. The number of rotatable bonds is 8. The SMILES string of the molecule is CCC(C)NC(=O)CCNC(=O)CCn1cnc2sc(C)c(C)c2c1=O. The molecular formula is C18H26N4O3S. The van der Waals surface area contributed by atoms with Crippen molar-refractivity contribution < 1.29 is 9.59 Å². The molecule has 2 N–H and O–H groups in total. The molecule has 0 aliphatic heterocycles. The van der Waals surface area contributed by atoms with E-state index in [0.717, 1.165) is 21.7 Å². The van der Waals surface area contributed by atoms with Gasteiger partial charge in [0.05, 0.1) is 11.7 Å². The Kier molecular flexibility index (Phi) is 6.90. The van der Waals surface area contributed by atoms with E-state index in [2.05, 4.69) is 15.6 Å². The van der Waals surface area contributed by atoms with E-state index < -0.39 is 0 Å². The summed E-state index contributed by atoms with van der Waals surface area (Å²) < 4.78 is 1.47. The van der Waals surface area contributed by atoms with Gasteiger partial charge in [-0.1, -0.05) is 6.92 Å². The molecule has 2 amide bonds. The van der Waals surface area contributed by atoms with Crippen LogP contribution in [0.3, 0.4) is 0 Å². The van der Waals surface area contributed by atoms with Crippen molar-refractivity contribution in [2.75, 3.05) is 6.54 Å². The van der Waals surface area contributed by atoms with Gasteiger partial charge >= 0.3 is 0 Å². The van der Waals surface area contributed by atoms with Gasteiger partial charge in [0.25, 0.3) is 5.56 Å². The number of nitrogens with zero attached hydrogens (tertiary/aromatic N) is 2. The summed E-state index contributed by atoms with van der Waals surface area (Å²) in [7, 11) is 0. The van der Waals surface area contributed by atoms with Crippen LogP contribution in [0.4, 0.5) is 0 Å². The number of amides is 2. The number of aryl methyl sites for hydroxylation is 3. The lowest BCUT2D eigenvalue weighted by molar-refractivity contribution is -0.122. The Morgan fingerprint density at radius 1 is 1.27 bits per heavy atom. The minimum atomic E-state index is -0.188. The van der Waals surface area contributed by atoms with E-state index in [4.69, 9.17) is 0 Å². The first-order chi connectivity index (χ1) is 12.3. The van der Waals surface area contributed by atoms with Gasteiger partial charge in [0.1, 0.15) is 4.83 Å². The van der Waals surface area contributed by atoms with Gasteiger partial charge in [-0.15, -0.1) is 11.3 Å². The summed E-state index contributed by atoms with van der Waals surface area (Å²) in [5.41, 5.74) is 0.839. The maximum Gasteiger partial charge on any atom is 0.262 e. The fraction of sp³-hybridized carbons (Fsp3) is 0.556. The molecule has 0 radical (unpaired) electrons. The molecule has 2 aromatic rings. The van der Waals surface area contributed by atoms with E-state index in [9.17, 15) is 14.4 Å². The van der Waals surface area contributed by atoms with Gasteiger partial charge in [-0.2, -0.15) is 0 Å². The smallest absolute Gasteiger partial charge is 0.262 e. The van der Waals surface area contributed by atoms with Gasteiger partial charge in [0.2, 0.25) is 11.8 Å². The fourth-order valence-corrected chi connectivity index (χ4v) is 3.49. The molecule has 2 heterocycles. The molecule has 142 valence electrons. The molecule has 0 spiro atoms. The largest absolute Gasteiger partial charge is 0.356 e. The molecule has 0 aromatic carbocycles. The Hall–Kier alpha value is -2.22.